The Morgan fingerprint density at radius 1 is 1.31 bits per heavy atom. The van der Waals surface area contributed by atoms with Gasteiger partial charge in [-0.2, -0.15) is 0 Å². The molecule has 1 fully saturated rings. The average molecular weight is 176 g/mol. The van der Waals surface area contributed by atoms with Crippen molar-refractivity contribution in [1.82, 2.24) is 5.32 Å². The Hall–Kier alpha value is -1.35. The van der Waals surface area contributed by atoms with E-state index in [-0.39, 0.29) is 17.9 Å². The largest absolute Gasteiger partial charge is 0.354 e. The molecular formula is C10H12N2O. The van der Waals surface area contributed by atoms with Crippen molar-refractivity contribution in [3.63, 3.8) is 0 Å². The number of benzene rings is 1. The molecule has 1 aromatic rings. The first-order chi connectivity index (χ1) is 6.29. The van der Waals surface area contributed by atoms with Crippen molar-refractivity contribution in [3.8, 4) is 0 Å². The van der Waals surface area contributed by atoms with E-state index in [9.17, 15) is 4.79 Å². The minimum Gasteiger partial charge on any atom is -0.354 e. The van der Waals surface area contributed by atoms with Crippen molar-refractivity contribution in [3.05, 3.63) is 35.9 Å². The fraction of sp³-hybridized carbons (Fsp3) is 0.300. The Morgan fingerprint density at radius 2 is 2.00 bits per heavy atom. The van der Waals surface area contributed by atoms with E-state index in [0.29, 0.717) is 6.54 Å². The van der Waals surface area contributed by atoms with Gasteiger partial charge in [0.2, 0.25) is 5.91 Å². The smallest absolute Gasteiger partial charge is 0.237 e. The third-order valence-corrected chi connectivity index (χ3v) is 2.46. The lowest BCUT2D eigenvalue weighted by Crippen LogP contribution is -2.33. The number of carbonyl (C=O) groups excluding carboxylic acids is 1. The predicted molar refractivity (Wildman–Crippen MR) is 50.2 cm³/mol. The van der Waals surface area contributed by atoms with Crippen molar-refractivity contribution >= 4 is 5.91 Å². The van der Waals surface area contributed by atoms with Crippen LogP contribution in [0.4, 0.5) is 0 Å². The zero-order valence-corrected chi connectivity index (χ0v) is 7.23. The zero-order chi connectivity index (χ0) is 9.26. The van der Waals surface area contributed by atoms with Gasteiger partial charge >= 0.3 is 0 Å². The third kappa shape index (κ3) is 1.42. The van der Waals surface area contributed by atoms with Crippen LogP contribution in [0.3, 0.4) is 0 Å². The molecule has 2 rings (SSSR count). The SMILES string of the molecule is N[C@@H]1C(=O)NC[C@@H]1c1ccccc1. The molecule has 1 aliphatic heterocycles. The maximum absolute atomic E-state index is 11.1. The van der Waals surface area contributed by atoms with Crippen molar-refractivity contribution in [2.45, 2.75) is 12.0 Å². The minimum atomic E-state index is -0.387. The molecule has 1 heterocycles. The number of nitrogens with two attached hydrogens (primary N) is 1. The summed E-state index contributed by atoms with van der Waals surface area (Å²) >= 11 is 0. The number of nitrogens with one attached hydrogen (secondary N) is 1. The van der Waals surface area contributed by atoms with Crippen LogP contribution in [-0.4, -0.2) is 18.5 Å². The van der Waals surface area contributed by atoms with E-state index in [1.54, 1.807) is 0 Å². The van der Waals surface area contributed by atoms with Crippen LogP contribution in [0.5, 0.6) is 0 Å². The maximum Gasteiger partial charge on any atom is 0.237 e. The van der Waals surface area contributed by atoms with Gasteiger partial charge in [0, 0.05) is 12.5 Å². The van der Waals surface area contributed by atoms with Gasteiger partial charge in [0.25, 0.3) is 0 Å². The molecule has 0 saturated carbocycles. The Labute approximate surface area is 76.9 Å². The highest BCUT2D eigenvalue weighted by molar-refractivity contribution is 5.85. The Bertz CT molecular complexity index is 310. The summed E-state index contributed by atoms with van der Waals surface area (Å²) in [5.41, 5.74) is 6.88. The summed E-state index contributed by atoms with van der Waals surface area (Å²) in [6.07, 6.45) is 0. The highest BCUT2D eigenvalue weighted by Crippen LogP contribution is 2.21. The average Bonchev–Trinajstić information content (AvgIpc) is 2.49. The van der Waals surface area contributed by atoms with Gasteiger partial charge in [0.05, 0.1) is 6.04 Å². The molecule has 1 aliphatic rings. The van der Waals surface area contributed by atoms with Gasteiger partial charge in [-0.3, -0.25) is 4.79 Å². The fourth-order valence-electron chi connectivity index (χ4n) is 1.66. The molecule has 0 aliphatic carbocycles. The first-order valence-electron chi connectivity index (χ1n) is 4.37. The summed E-state index contributed by atoms with van der Waals surface area (Å²) in [5.74, 6) is 0.0857. The lowest BCUT2D eigenvalue weighted by Gasteiger charge is -2.11. The second-order valence-corrected chi connectivity index (χ2v) is 3.29. The van der Waals surface area contributed by atoms with Crippen molar-refractivity contribution in [2.24, 2.45) is 5.73 Å². The highest BCUT2D eigenvalue weighted by Gasteiger charge is 2.31. The molecule has 1 saturated heterocycles. The molecule has 3 nitrogen and oxygen atoms in total. The maximum atomic E-state index is 11.1. The standard InChI is InChI=1S/C10H12N2O/c11-9-8(6-12-10(9)13)7-4-2-1-3-5-7/h1-5,8-9H,6,11H2,(H,12,13)/t8-,9+/m1/s1. The van der Waals surface area contributed by atoms with Crippen LogP contribution in [-0.2, 0) is 4.79 Å². The third-order valence-electron chi connectivity index (χ3n) is 2.46. The van der Waals surface area contributed by atoms with E-state index in [1.165, 1.54) is 0 Å². The predicted octanol–water partition coefficient (Wildman–Crippen LogP) is 0.227. The number of amides is 1. The van der Waals surface area contributed by atoms with E-state index in [0.717, 1.165) is 5.56 Å². The Kier molecular flexibility index (Phi) is 2.02. The molecule has 68 valence electrons. The lowest BCUT2D eigenvalue weighted by molar-refractivity contribution is -0.120. The van der Waals surface area contributed by atoms with Crippen LogP contribution in [0.2, 0.25) is 0 Å². The van der Waals surface area contributed by atoms with Crippen molar-refractivity contribution in [1.29, 1.82) is 0 Å². The van der Waals surface area contributed by atoms with Gasteiger partial charge in [-0.1, -0.05) is 30.3 Å². The number of hydrogen-bond donors (Lipinski definition) is 2. The molecular weight excluding hydrogens is 164 g/mol. The normalized spacial score (nSPS) is 27.3. The van der Waals surface area contributed by atoms with Crippen molar-refractivity contribution in [2.75, 3.05) is 6.54 Å². The second-order valence-electron chi connectivity index (χ2n) is 3.29. The molecule has 0 radical (unpaired) electrons. The van der Waals surface area contributed by atoms with Gasteiger partial charge in [-0.15, -0.1) is 0 Å². The van der Waals surface area contributed by atoms with Crippen LogP contribution in [0.15, 0.2) is 30.3 Å². The van der Waals surface area contributed by atoms with Gasteiger partial charge in [0.1, 0.15) is 0 Å². The van der Waals surface area contributed by atoms with E-state index in [4.69, 9.17) is 5.73 Å². The summed E-state index contributed by atoms with van der Waals surface area (Å²) in [5, 5.41) is 2.75. The van der Waals surface area contributed by atoms with E-state index < -0.39 is 0 Å². The Morgan fingerprint density at radius 3 is 2.54 bits per heavy atom. The van der Waals surface area contributed by atoms with Crippen LogP contribution in [0, 0.1) is 0 Å². The second kappa shape index (κ2) is 3.18. The quantitative estimate of drug-likeness (QED) is 0.643. The molecule has 3 heteroatoms. The first kappa shape index (κ1) is 8.26. The molecule has 1 amide bonds. The molecule has 1 aromatic carbocycles. The van der Waals surface area contributed by atoms with Crippen LogP contribution >= 0.6 is 0 Å². The van der Waals surface area contributed by atoms with E-state index in [1.807, 2.05) is 30.3 Å². The lowest BCUT2D eigenvalue weighted by atomic mass is 9.95. The molecule has 0 spiro atoms. The summed E-state index contributed by atoms with van der Waals surface area (Å²) in [6, 6.07) is 9.51. The van der Waals surface area contributed by atoms with Crippen LogP contribution in [0.1, 0.15) is 11.5 Å². The van der Waals surface area contributed by atoms with Gasteiger partial charge in [-0.25, -0.2) is 0 Å². The first-order valence-corrected chi connectivity index (χ1v) is 4.37. The summed E-state index contributed by atoms with van der Waals surface area (Å²) < 4.78 is 0. The summed E-state index contributed by atoms with van der Waals surface area (Å²) in [7, 11) is 0. The summed E-state index contributed by atoms with van der Waals surface area (Å²) in [4.78, 5) is 11.1. The number of hydrogen-bond acceptors (Lipinski definition) is 2. The number of rotatable bonds is 1. The molecule has 2 atom stereocenters. The zero-order valence-electron chi connectivity index (χ0n) is 7.23. The fourth-order valence-corrected chi connectivity index (χ4v) is 1.66. The summed E-state index contributed by atoms with van der Waals surface area (Å²) in [6.45, 7) is 0.657. The monoisotopic (exact) mass is 176 g/mol. The van der Waals surface area contributed by atoms with E-state index in [2.05, 4.69) is 5.32 Å². The van der Waals surface area contributed by atoms with E-state index >= 15 is 0 Å². The van der Waals surface area contributed by atoms with Crippen LogP contribution in [0.25, 0.3) is 0 Å². The van der Waals surface area contributed by atoms with Crippen LogP contribution < -0.4 is 11.1 Å². The Balaban J connectivity index is 2.24. The molecule has 0 aromatic heterocycles. The molecule has 13 heavy (non-hydrogen) atoms. The minimum absolute atomic E-state index is 0.0474. The molecule has 0 unspecified atom stereocenters. The number of carbonyl (C=O) groups is 1. The molecule has 0 bridgehead atoms. The van der Waals surface area contributed by atoms with Gasteiger partial charge in [0.15, 0.2) is 0 Å². The van der Waals surface area contributed by atoms with Gasteiger partial charge < -0.3 is 11.1 Å². The topological polar surface area (TPSA) is 55.1 Å². The highest BCUT2D eigenvalue weighted by atomic mass is 16.2. The van der Waals surface area contributed by atoms with Gasteiger partial charge in [-0.05, 0) is 5.56 Å². The van der Waals surface area contributed by atoms with Crippen molar-refractivity contribution < 1.29 is 4.79 Å². The molecule has 3 N–H and O–H groups in total.